The molecule has 0 bridgehead atoms. The van der Waals surface area contributed by atoms with Crippen LogP contribution in [-0.4, -0.2) is 31.2 Å². The molecule has 0 spiro atoms. The summed E-state index contributed by atoms with van der Waals surface area (Å²) < 4.78 is 18.7. The maximum Gasteiger partial charge on any atom is 0.141 e. The van der Waals surface area contributed by atoms with Crippen LogP contribution in [0, 0.1) is 5.82 Å². The molecule has 1 aromatic carbocycles. The average Bonchev–Trinajstić information content (AvgIpc) is 2.35. The van der Waals surface area contributed by atoms with E-state index in [1.54, 1.807) is 12.1 Å². The molecule has 1 atom stereocenters. The van der Waals surface area contributed by atoms with Gasteiger partial charge >= 0.3 is 0 Å². The lowest BCUT2D eigenvalue weighted by Gasteiger charge is -2.27. The van der Waals surface area contributed by atoms with Crippen molar-refractivity contribution in [2.45, 2.75) is 31.9 Å². The van der Waals surface area contributed by atoms with E-state index in [0.717, 1.165) is 31.7 Å². The van der Waals surface area contributed by atoms with E-state index in [2.05, 4.69) is 11.9 Å². The molecule has 0 saturated carbocycles. The van der Waals surface area contributed by atoms with Crippen LogP contribution in [0.3, 0.4) is 0 Å². The first-order valence-electron chi connectivity index (χ1n) is 6.39. The summed E-state index contributed by atoms with van der Waals surface area (Å²) in [6.07, 6.45) is 3.89. The zero-order chi connectivity index (χ0) is 13.0. The topological polar surface area (TPSA) is 12.5 Å². The fourth-order valence-electron chi connectivity index (χ4n) is 2.31. The van der Waals surface area contributed by atoms with Gasteiger partial charge in [-0.15, -0.1) is 0 Å². The van der Waals surface area contributed by atoms with Gasteiger partial charge in [0, 0.05) is 19.7 Å². The first-order valence-corrected chi connectivity index (χ1v) is 6.77. The summed E-state index contributed by atoms with van der Waals surface area (Å²) in [6.45, 7) is 2.55. The molecule has 2 rings (SSSR count). The molecule has 18 heavy (non-hydrogen) atoms. The van der Waals surface area contributed by atoms with Crippen LogP contribution in [0.2, 0.25) is 5.02 Å². The number of ether oxygens (including phenoxy) is 1. The third kappa shape index (κ3) is 3.94. The van der Waals surface area contributed by atoms with Gasteiger partial charge in [-0.1, -0.05) is 17.7 Å². The molecule has 1 fully saturated rings. The predicted molar refractivity (Wildman–Crippen MR) is 71.3 cm³/mol. The summed E-state index contributed by atoms with van der Waals surface area (Å²) in [6, 6.07) is 4.89. The Labute approximate surface area is 113 Å². The zero-order valence-electron chi connectivity index (χ0n) is 10.7. The molecule has 1 heterocycles. The second-order valence-electron chi connectivity index (χ2n) is 4.93. The Morgan fingerprint density at radius 2 is 2.28 bits per heavy atom. The van der Waals surface area contributed by atoms with Crippen molar-refractivity contribution < 1.29 is 9.13 Å². The second kappa shape index (κ2) is 6.50. The molecule has 100 valence electrons. The lowest BCUT2D eigenvalue weighted by Crippen LogP contribution is -2.33. The standard InChI is InChI=1S/C14H19ClFNO/c1-17(10-12-4-2-3-7-18-12)9-11-5-6-14(16)13(15)8-11/h5-6,8,12H,2-4,7,9-10H2,1H3/t12-/m0/s1. The number of nitrogens with zero attached hydrogens (tertiary/aromatic N) is 1. The summed E-state index contributed by atoms with van der Waals surface area (Å²) in [7, 11) is 2.05. The van der Waals surface area contributed by atoms with Crippen LogP contribution < -0.4 is 0 Å². The van der Waals surface area contributed by atoms with Crippen molar-refractivity contribution in [3.05, 3.63) is 34.6 Å². The average molecular weight is 272 g/mol. The molecule has 1 aliphatic heterocycles. The van der Waals surface area contributed by atoms with Gasteiger partial charge in [-0.3, -0.25) is 4.90 Å². The van der Waals surface area contributed by atoms with Gasteiger partial charge in [0.15, 0.2) is 0 Å². The molecule has 1 saturated heterocycles. The summed E-state index contributed by atoms with van der Waals surface area (Å²) in [5.41, 5.74) is 1.03. The summed E-state index contributed by atoms with van der Waals surface area (Å²) >= 11 is 5.77. The van der Waals surface area contributed by atoms with Crippen molar-refractivity contribution in [2.24, 2.45) is 0 Å². The van der Waals surface area contributed by atoms with Gasteiger partial charge in [0.05, 0.1) is 11.1 Å². The van der Waals surface area contributed by atoms with Crippen molar-refractivity contribution in [1.82, 2.24) is 4.90 Å². The molecule has 1 aromatic rings. The van der Waals surface area contributed by atoms with Crippen LogP contribution in [0.4, 0.5) is 4.39 Å². The molecule has 0 unspecified atom stereocenters. The van der Waals surface area contributed by atoms with Crippen molar-refractivity contribution >= 4 is 11.6 Å². The van der Waals surface area contributed by atoms with E-state index < -0.39 is 0 Å². The molecule has 0 aliphatic carbocycles. The number of hydrogen-bond acceptors (Lipinski definition) is 2. The Morgan fingerprint density at radius 1 is 1.44 bits per heavy atom. The Balaban J connectivity index is 1.85. The molecule has 2 nitrogen and oxygen atoms in total. The fraction of sp³-hybridized carbons (Fsp3) is 0.571. The number of hydrogen-bond donors (Lipinski definition) is 0. The highest BCUT2D eigenvalue weighted by Crippen LogP contribution is 2.18. The minimum Gasteiger partial charge on any atom is -0.377 e. The van der Waals surface area contributed by atoms with Gasteiger partial charge in [0.2, 0.25) is 0 Å². The van der Waals surface area contributed by atoms with E-state index in [1.165, 1.54) is 18.9 Å². The van der Waals surface area contributed by atoms with Crippen LogP contribution in [-0.2, 0) is 11.3 Å². The molecule has 0 amide bonds. The molecular formula is C14H19ClFNO. The normalized spacial score (nSPS) is 20.3. The van der Waals surface area contributed by atoms with Crippen molar-refractivity contribution in [3.8, 4) is 0 Å². The molecular weight excluding hydrogens is 253 g/mol. The summed E-state index contributed by atoms with van der Waals surface area (Å²) in [4.78, 5) is 2.19. The number of likely N-dealkylation sites (N-methyl/N-ethyl adjacent to an activating group) is 1. The Bertz CT molecular complexity index is 393. The van der Waals surface area contributed by atoms with Crippen molar-refractivity contribution in [1.29, 1.82) is 0 Å². The van der Waals surface area contributed by atoms with Crippen molar-refractivity contribution in [2.75, 3.05) is 20.2 Å². The quantitative estimate of drug-likeness (QED) is 0.831. The molecule has 0 N–H and O–H groups in total. The smallest absolute Gasteiger partial charge is 0.141 e. The highest BCUT2D eigenvalue weighted by atomic mass is 35.5. The van der Waals surface area contributed by atoms with E-state index in [-0.39, 0.29) is 10.8 Å². The second-order valence-corrected chi connectivity index (χ2v) is 5.34. The number of benzene rings is 1. The number of rotatable bonds is 4. The van der Waals surface area contributed by atoms with Gasteiger partial charge < -0.3 is 4.74 Å². The van der Waals surface area contributed by atoms with Crippen LogP contribution >= 0.6 is 11.6 Å². The van der Waals surface area contributed by atoms with Crippen LogP contribution in [0.25, 0.3) is 0 Å². The first-order chi connectivity index (χ1) is 8.65. The monoisotopic (exact) mass is 271 g/mol. The van der Waals surface area contributed by atoms with E-state index in [1.807, 2.05) is 0 Å². The Hall–Kier alpha value is -0.640. The molecule has 0 aromatic heterocycles. The predicted octanol–water partition coefficient (Wildman–Crippen LogP) is 3.48. The molecule has 0 radical (unpaired) electrons. The third-order valence-electron chi connectivity index (χ3n) is 3.23. The largest absolute Gasteiger partial charge is 0.377 e. The number of halogens is 2. The van der Waals surface area contributed by atoms with Crippen LogP contribution in [0.15, 0.2) is 18.2 Å². The van der Waals surface area contributed by atoms with E-state index in [9.17, 15) is 4.39 Å². The lowest BCUT2D eigenvalue weighted by molar-refractivity contribution is -0.00259. The van der Waals surface area contributed by atoms with Gasteiger partial charge in [-0.2, -0.15) is 0 Å². The highest BCUT2D eigenvalue weighted by molar-refractivity contribution is 6.30. The SMILES string of the molecule is CN(Cc1ccc(F)c(Cl)c1)C[C@@H]1CCCCO1. The van der Waals surface area contributed by atoms with Gasteiger partial charge in [0.25, 0.3) is 0 Å². The Morgan fingerprint density at radius 3 is 2.94 bits per heavy atom. The highest BCUT2D eigenvalue weighted by Gasteiger charge is 2.16. The third-order valence-corrected chi connectivity index (χ3v) is 3.52. The van der Waals surface area contributed by atoms with Crippen molar-refractivity contribution in [3.63, 3.8) is 0 Å². The van der Waals surface area contributed by atoms with Crippen LogP contribution in [0.1, 0.15) is 24.8 Å². The van der Waals surface area contributed by atoms with Crippen LogP contribution in [0.5, 0.6) is 0 Å². The van der Waals surface area contributed by atoms with Gasteiger partial charge in [-0.05, 0) is 44.0 Å². The minimum atomic E-state index is -0.362. The fourth-order valence-corrected chi connectivity index (χ4v) is 2.52. The Kier molecular flexibility index (Phi) is 4.98. The first kappa shape index (κ1) is 13.8. The maximum absolute atomic E-state index is 13.0. The maximum atomic E-state index is 13.0. The zero-order valence-corrected chi connectivity index (χ0v) is 11.4. The van der Waals surface area contributed by atoms with Gasteiger partial charge in [0.1, 0.15) is 5.82 Å². The minimum absolute atomic E-state index is 0.190. The van der Waals surface area contributed by atoms with E-state index >= 15 is 0 Å². The summed E-state index contributed by atoms with van der Waals surface area (Å²) in [5, 5.41) is 0.190. The van der Waals surface area contributed by atoms with E-state index in [4.69, 9.17) is 16.3 Å². The van der Waals surface area contributed by atoms with Gasteiger partial charge in [-0.25, -0.2) is 4.39 Å². The molecule has 1 aliphatic rings. The molecule has 4 heteroatoms. The summed E-state index contributed by atoms with van der Waals surface area (Å²) in [5.74, 6) is -0.362. The lowest BCUT2D eigenvalue weighted by atomic mass is 10.1. The van der Waals surface area contributed by atoms with E-state index in [0.29, 0.717) is 6.10 Å².